The molecule has 2 aliphatic rings. The molecule has 2 fully saturated rings. The lowest BCUT2D eigenvalue weighted by Crippen LogP contribution is -2.41. The van der Waals surface area contributed by atoms with Gasteiger partial charge >= 0.3 is 5.97 Å². The van der Waals surface area contributed by atoms with Crippen molar-refractivity contribution in [2.75, 3.05) is 19.6 Å². The Bertz CT molecular complexity index is 208. The van der Waals surface area contributed by atoms with Crippen molar-refractivity contribution in [2.45, 2.75) is 18.9 Å². The van der Waals surface area contributed by atoms with Crippen LogP contribution in [0.25, 0.3) is 0 Å². The lowest BCUT2D eigenvalue weighted by Gasteiger charge is -2.28. The molecule has 2 rings (SSSR count). The molecule has 4 heteroatoms. The fraction of sp³-hybridized carbons (Fsp3) is 0.889. The van der Waals surface area contributed by atoms with Gasteiger partial charge in [0.1, 0.15) is 6.04 Å². The second-order valence-electron chi connectivity index (χ2n) is 4.26. The predicted molar refractivity (Wildman–Crippen MR) is 48.3 cm³/mol. The van der Waals surface area contributed by atoms with Crippen molar-refractivity contribution < 1.29 is 9.90 Å². The molecule has 0 bridgehead atoms. The largest absolute Gasteiger partial charge is 0.480 e. The van der Waals surface area contributed by atoms with Crippen LogP contribution in [0.5, 0.6) is 0 Å². The average molecular weight is 184 g/mol. The Kier molecular flexibility index (Phi) is 2.26. The summed E-state index contributed by atoms with van der Waals surface area (Å²) in [5, 5.41) is 8.64. The van der Waals surface area contributed by atoms with Crippen LogP contribution >= 0.6 is 0 Å². The molecule has 0 aromatic carbocycles. The van der Waals surface area contributed by atoms with E-state index in [1.54, 1.807) is 0 Å². The van der Waals surface area contributed by atoms with Gasteiger partial charge in [-0.15, -0.1) is 0 Å². The summed E-state index contributed by atoms with van der Waals surface area (Å²) in [6, 6.07) is -0.711. The first-order valence-corrected chi connectivity index (χ1v) is 4.87. The maximum Gasteiger partial charge on any atom is 0.321 e. The Labute approximate surface area is 77.7 Å². The molecule has 13 heavy (non-hydrogen) atoms. The van der Waals surface area contributed by atoms with E-state index in [4.69, 9.17) is 10.8 Å². The van der Waals surface area contributed by atoms with Crippen LogP contribution in [0.4, 0.5) is 0 Å². The van der Waals surface area contributed by atoms with Crippen molar-refractivity contribution in [1.82, 2.24) is 4.90 Å². The zero-order chi connectivity index (χ0) is 9.42. The number of carboxylic acid groups (broad SMARTS) is 1. The molecule has 0 amide bonds. The van der Waals surface area contributed by atoms with Gasteiger partial charge in [-0.1, -0.05) is 0 Å². The lowest BCUT2D eigenvalue weighted by molar-refractivity contribution is -0.138. The van der Waals surface area contributed by atoms with Gasteiger partial charge in [0, 0.05) is 19.6 Å². The molecule has 1 aliphatic heterocycles. The van der Waals surface area contributed by atoms with E-state index in [1.165, 1.54) is 12.8 Å². The number of aliphatic carboxylic acids is 1. The average Bonchev–Trinajstić information content (AvgIpc) is 2.30. The van der Waals surface area contributed by atoms with Crippen molar-refractivity contribution in [1.29, 1.82) is 0 Å². The zero-order valence-electron chi connectivity index (χ0n) is 7.65. The molecule has 1 saturated heterocycles. The SMILES string of the molecule is NC(CN1CC2CCC2C1)C(=O)O. The topological polar surface area (TPSA) is 66.6 Å². The van der Waals surface area contributed by atoms with Crippen molar-refractivity contribution in [3.8, 4) is 0 Å². The Morgan fingerprint density at radius 1 is 1.46 bits per heavy atom. The summed E-state index contributed by atoms with van der Waals surface area (Å²) in [5.74, 6) is 0.779. The molecular formula is C9H16N2O2. The smallest absolute Gasteiger partial charge is 0.321 e. The van der Waals surface area contributed by atoms with E-state index in [0.717, 1.165) is 24.9 Å². The molecule has 0 spiro atoms. The van der Waals surface area contributed by atoms with Gasteiger partial charge in [0.15, 0.2) is 0 Å². The minimum absolute atomic E-state index is 0.516. The molecule has 0 aromatic rings. The summed E-state index contributed by atoms with van der Waals surface area (Å²) in [4.78, 5) is 12.7. The molecule has 1 saturated carbocycles. The minimum Gasteiger partial charge on any atom is -0.480 e. The second-order valence-corrected chi connectivity index (χ2v) is 4.26. The fourth-order valence-electron chi connectivity index (χ4n) is 2.36. The van der Waals surface area contributed by atoms with Gasteiger partial charge < -0.3 is 15.7 Å². The number of carboxylic acids is 1. The molecule has 4 nitrogen and oxygen atoms in total. The van der Waals surface area contributed by atoms with Crippen LogP contribution in [-0.2, 0) is 4.79 Å². The van der Waals surface area contributed by atoms with E-state index >= 15 is 0 Å². The van der Waals surface area contributed by atoms with E-state index in [1.807, 2.05) is 0 Å². The van der Waals surface area contributed by atoms with E-state index < -0.39 is 12.0 Å². The second kappa shape index (κ2) is 3.27. The predicted octanol–water partition coefficient (Wildman–Crippen LogP) is -0.260. The maximum atomic E-state index is 10.5. The highest BCUT2D eigenvalue weighted by Gasteiger charge is 2.39. The summed E-state index contributed by atoms with van der Waals surface area (Å²) < 4.78 is 0. The zero-order valence-corrected chi connectivity index (χ0v) is 7.65. The molecule has 0 radical (unpaired) electrons. The normalized spacial score (nSPS) is 35.2. The Morgan fingerprint density at radius 3 is 2.38 bits per heavy atom. The number of rotatable bonds is 3. The fourth-order valence-corrected chi connectivity index (χ4v) is 2.36. The molecule has 1 aliphatic carbocycles. The summed E-state index contributed by atoms with van der Waals surface area (Å²) in [5.41, 5.74) is 5.47. The number of carbonyl (C=O) groups is 1. The lowest BCUT2D eigenvalue weighted by atomic mass is 9.77. The third-order valence-electron chi connectivity index (χ3n) is 3.33. The highest BCUT2D eigenvalue weighted by molar-refractivity contribution is 5.73. The van der Waals surface area contributed by atoms with Crippen molar-refractivity contribution >= 4 is 5.97 Å². The van der Waals surface area contributed by atoms with E-state index in [9.17, 15) is 4.79 Å². The summed E-state index contributed by atoms with van der Waals surface area (Å²) >= 11 is 0. The molecular weight excluding hydrogens is 168 g/mol. The van der Waals surface area contributed by atoms with Crippen LogP contribution in [0, 0.1) is 11.8 Å². The molecule has 3 unspecified atom stereocenters. The number of hydrogen-bond acceptors (Lipinski definition) is 3. The first kappa shape index (κ1) is 8.97. The molecule has 3 N–H and O–H groups in total. The highest BCUT2D eigenvalue weighted by atomic mass is 16.4. The third kappa shape index (κ3) is 1.69. The molecule has 3 atom stereocenters. The van der Waals surface area contributed by atoms with Crippen molar-refractivity contribution in [3.63, 3.8) is 0 Å². The maximum absolute atomic E-state index is 10.5. The van der Waals surface area contributed by atoms with Crippen LogP contribution in [-0.4, -0.2) is 41.7 Å². The van der Waals surface area contributed by atoms with E-state index in [2.05, 4.69) is 4.90 Å². The van der Waals surface area contributed by atoms with Gasteiger partial charge in [-0.3, -0.25) is 4.79 Å². The van der Waals surface area contributed by atoms with Gasteiger partial charge in [-0.25, -0.2) is 0 Å². The van der Waals surface area contributed by atoms with Gasteiger partial charge in [0.25, 0.3) is 0 Å². The van der Waals surface area contributed by atoms with Crippen LogP contribution in [0.3, 0.4) is 0 Å². The van der Waals surface area contributed by atoms with Gasteiger partial charge in [0.05, 0.1) is 0 Å². The van der Waals surface area contributed by atoms with Crippen LogP contribution in [0.15, 0.2) is 0 Å². The minimum atomic E-state index is -0.890. The standard InChI is InChI=1S/C9H16N2O2/c10-8(9(12)13)5-11-3-6-1-2-7(6)4-11/h6-8H,1-5,10H2,(H,12,13). The highest BCUT2D eigenvalue weighted by Crippen LogP contribution is 2.40. The first-order chi connectivity index (χ1) is 6.16. The molecule has 0 aromatic heterocycles. The number of fused-ring (bicyclic) bond motifs is 1. The van der Waals surface area contributed by atoms with Gasteiger partial charge in [0.2, 0.25) is 0 Å². The summed E-state index contributed by atoms with van der Waals surface area (Å²) in [6.07, 6.45) is 2.65. The Balaban J connectivity index is 1.79. The first-order valence-electron chi connectivity index (χ1n) is 4.87. The van der Waals surface area contributed by atoms with E-state index in [-0.39, 0.29) is 0 Å². The molecule has 74 valence electrons. The summed E-state index contributed by atoms with van der Waals surface area (Å²) in [6.45, 7) is 2.64. The number of nitrogens with zero attached hydrogens (tertiary/aromatic N) is 1. The number of nitrogens with two attached hydrogens (primary N) is 1. The molecule has 1 heterocycles. The van der Waals surface area contributed by atoms with Gasteiger partial charge in [-0.2, -0.15) is 0 Å². The Morgan fingerprint density at radius 2 is 2.00 bits per heavy atom. The van der Waals surface area contributed by atoms with E-state index in [0.29, 0.717) is 6.54 Å². The van der Waals surface area contributed by atoms with Crippen molar-refractivity contribution in [3.05, 3.63) is 0 Å². The number of hydrogen-bond donors (Lipinski definition) is 2. The third-order valence-corrected chi connectivity index (χ3v) is 3.33. The number of likely N-dealkylation sites (tertiary alicyclic amines) is 1. The quantitative estimate of drug-likeness (QED) is 0.634. The van der Waals surface area contributed by atoms with Gasteiger partial charge in [-0.05, 0) is 24.7 Å². The Hall–Kier alpha value is -0.610. The summed E-state index contributed by atoms with van der Waals surface area (Å²) in [7, 11) is 0. The van der Waals surface area contributed by atoms with Crippen LogP contribution < -0.4 is 5.73 Å². The van der Waals surface area contributed by atoms with Crippen molar-refractivity contribution in [2.24, 2.45) is 17.6 Å². The van der Waals surface area contributed by atoms with Crippen LogP contribution in [0.1, 0.15) is 12.8 Å². The van der Waals surface area contributed by atoms with Crippen LogP contribution in [0.2, 0.25) is 0 Å². The monoisotopic (exact) mass is 184 g/mol.